The third-order valence-electron chi connectivity index (χ3n) is 6.70. The Balaban J connectivity index is 0.994. The number of ketones is 2. The van der Waals surface area contributed by atoms with Gasteiger partial charge in [0.1, 0.15) is 24.8 Å². The Kier molecular flexibility index (Phi) is 7.06. The summed E-state index contributed by atoms with van der Waals surface area (Å²) in [5, 5.41) is 15.8. The van der Waals surface area contributed by atoms with Crippen molar-refractivity contribution in [3.8, 4) is 0 Å². The smallest absolute Gasteiger partial charge is 0.299 e. The van der Waals surface area contributed by atoms with E-state index in [0.29, 0.717) is 33.9 Å². The first-order chi connectivity index (χ1) is 20.2. The van der Waals surface area contributed by atoms with Gasteiger partial charge in [0.2, 0.25) is 0 Å². The summed E-state index contributed by atoms with van der Waals surface area (Å²) in [6.07, 6.45) is 3.01. The Bertz CT molecular complexity index is 1670. The van der Waals surface area contributed by atoms with E-state index in [-0.39, 0.29) is 26.6 Å². The average Bonchev–Trinajstić information content (AvgIpc) is 3.73. The molecule has 4 aromatic rings. The minimum absolute atomic E-state index is 0.0311. The van der Waals surface area contributed by atoms with Gasteiger partial charge in [-0.3, -0.25) is 42.6 Å². The molecule has 0 saturated carbocycles. The molecule has 2 aliphatic rings. The average molecular weight is 590 g/mol. The zero-order valence-electron chi connectivity index (χ0n) is 22.4. The number of aryl methyl sites for hydroxylation is 2. The van der Waals surface area contributed by atoms with Crippen molar-refractivity contribution < 1.29 is 32.8 Å². The predicted molar refractivity (Wildman–Crippen MR) is 145 cm³/mol. The van der Waals surface area contributed by atoms with E-state index < -0.39 is 31.6 Å². The summed E-state index contributed by atoms with van der Waals surface area (Å²) in [5.74, 6) is -2.42. The van der Waals surface area contributed by atoms with E-state index in [4.69, 9.17) is 9.05 Å². The van der Waals surface area contributed by atoms with Crippen molar-refractivity contribution >= 4 is 43.0 Å². The van der Waals surface area contributed by atoms with Crippen LogP contribution in [-0.2, 0) is 49.8 Å². The first-order valence-corrected chi connectivity index (χ1v) is 13.9. The van der Waals surface area contributed by atoms with Crippen LogP contribution in [0.1, 0.15) is 43.2 Å². The summed E-state index contributed by atoms with van der Waals surface area (Å²) in [4.78, 5) is 52.2. The van der Waals surface area contributed by atoms with Crippen LogP contribution in [0.4, 0.5) is 11.4 Å². The zero-order valence-corrected chi connectivity index (χ0v) is 23.4. The van der Waals surface area contributed by atoms with Crippen LogP contribution in [0.5, 0.6) is 0 Å². The number of amides is 2. The lowest BCUT2D eigenvalue weighted by Crippen LogP contribution is -2.29. The molecule has 0 aliphatic carbocycles. The van der Waals surface area contributed by atoms with Gasteiger partial charge in [-0.15, -0.1) is 10.2 Å². The molecule has 0 fully saturated rings. The van der Waals surface area contributed by atoms with Crippen molar-refractivity contribution in [2.24, 2.45) is 0 Å². The van der Waals surface area contributed by atoms with Crippen LogP contribution in [0.3, 0.4) is 0 Å². The molecule has 0 unspecified atom stereocenters. The van der Waals surface area contributed by atoms with Crippen LogP contribution in [0.15, 0.2) is 48.8 Å². The number of carbonyl (C=O) groups excluding carboxylic acids is 4. The molecule has 0 bridgehead atoms. The highest BCUT2D eigenvalue weighted by molar-refractivity contribution is 7.33. The van der Waals surface area contributed by atoms with Crippen LogP contribution >= 0.6 is 8.25 Å². The number of rotatable bonds is 10. The first-order valence-electron chi connectivity index (χ1n) is 12.7. The van der Waals surface area contributed by atoms with Gasteiger partial charge in [0.25, 0.3) is 23.4 Å². The van der Waals surface area contributed by atoms with Gasteiger partial charge in [-0.2, -0.15) is 0 Å². The number of hydrogen-bond acceptors (Lipinski definition) is 11. The summed E-state index contributed by atoms with van der Waals surface area (Å²) < 4.78 is 25.3. The molecule has 2 amide bonds. The molecule has 6 rings (SSSR count). The third kappa shape index (κ3) is 5.16. The van der Waals surface area contributed by atoms with Crippen molar-refractivity contribution in [3.05, 3.63) is 82.4 Å². The molecule has 0 N–H and O–H groups in total. The van der Waals surface area contributed by atoms with Crippen molar-refractivity contribution in [3.63, 3.8) is 0 Å². The molecule has 2 aliphatic heterocycles. The number of aromatic nitrogens is 6. The molecule has 42 heavy (non-hydrogen) atoms. The van der Waals surface area contributed by atoms with Crippen LogP contribution in [-0.4, -0.2) is 53.4 Å². The predicted octanol–water partition coefficient (Wildman–Crippen LogP) is 1.98. The zero-order chi connectivity index (χ0) is 29.5. The van der Waals surface area contributed by atoms with Crippen molar-refractivity contribution in [1.29, 1.82) is 0 Å². The number of carbonyl (C=O) groups is 4. The molecular weight excluding hydrogens is 567 g/mol. The van der Waals surface area contributed by atoms with E-state index in [1.807, 2.05) is 26.0 Å². The fraction of sp³-hybridized carbons (Fsp3) is 0.231. The highest BCUT2D eigenvalue weighted by Crippen LogP contribution is 2.32. The Morgan fingerprint density at radius 2 is 1.12 bits per heavy atom. The summed E-state index contributed by atoms with van der Waals surface area (Å²) in [5.41, 5.74) is 4.28. The summed E-state index contributed by atoms with van der Waals surface area (Å²) in [7, 11) is -2.97. The van der Waals surface area contributed by atoms with Gasteiger partial charge < -0.3 is 0 Å². The molecule has 2 aromatic heterocycles. The number of hydrogen-bond donors (Lipinski definition) is 0. The van der Waals surface area contributed by atoms with E-state index in [0.717, 1.165) is 11.1 Å². The standard InChI is InChI=1S/C26H23N8O7P/c1-15-3-5-21-19(7-15)23(35)25(37)33(21)11-17-9-31(29-27-17)13-40-42(39)41-14-32-10-18(28-30-32)12-34-22-6-4-16(2)8-20(22)24(36)26(34)38/h3-10,42H,11-14H2,1-2H3. The lowest BCUT2D eigenvalue weighted by atomic mass is 10.1. The molecule has 0 radical (unpaired) electrons. The lowest BCUT2D eigenvalue weighted by Gasteiger charge is -2.14. The largest absolute Gasteiger partial charge is 0.322 e. The topological polar surface area (TPSA) is 172 Å². The summed E-state index contributed by atoms with van der Waals surface area (Å²) >= 11 is 0. The van der Waals surface area contributed by atoms with Crippen molar-refractivity contribution in [1.82, 2.24) is 30.0 Å². The molecule has 0 atom stereocenters. The number of anilines is 2. The quantitative estimate of drug-likeness (QED) is 0.195. The van der Waals surface area contributed by atoms with Gasteiger partial charge in [0.05, 0.1) is 48.0 Å². The van der Waals surface area contributed by atoms with Gasteiger partial charge in [-0.05, 0) is 38.1 Å². The van der Waals surface area contributed by atoms with Crippen LogP contribution in [0.2, 0.25) is 0 Å². The normalized spacial score (nSPS) is 14.5. The Hall–Kier alpha value is -4.85. The Morgan fingerprint density at radius 3 is 1.55 bits per heavy atom. The van der Waals surface area contributed by atoms with E-state index >= 15 is 0 Å². The maximum Gasteiger partial charge on any atom is 0.322 e. The second kappa shape index (κ2) is 10.9. The van der Waals surface area contributed by atoms with E-state index in [1.165, 1.54) is 31.6 Å². The molecule has 214 valence electrons. The molecular formula is C26H23N8O7P. The van der Waals surface area contributed by atoms with Gasteiger partial charge in [-0.25, -0.2) is 9.36 Å². The fourth-order valence-corrected chi connectivity index (χ4v) is 5.25. The fourth-order valence-electron chi connectivity index (χ4n) is 4.69. The molecule has 15 nitrogen and oxygen atoms in total. The molecule has 4 heterocycles. The minimum atomic E-state index is -2.97. The second-order valence-electron chi connectivity index (χ2n) is 9.78. The molecule has 2 aromatic carbocycles. The van der Waals surface area contributed by atoms with Crippen LogP contribution in [0.25, 0.3) is 0 Å². The van der Waals surface area contributed by atoms with Crippen LogP contribution < -0.4 is 9.80 Å². The number of nitrogens with zero attached hydrogens (tertiary/aromatic N) is 8. The third-order valence-corrected chi connectivity index (χ3v) is 7.43. The van der Waals surface area contributed by atoms with Gasteiger partial charge in [0.15, 0.2) is 0 Å². The van der Waals surface area contributed by atoms with Crippen molar-refractivity contribution in [2.75, 3.05) is 9.80 Å². The van der Waals surface area contributed by atoms with Gasteiger partial charge in [-0.1, -0.05) is 33.7 Å². The highest BCUT2D eigenvalue weighted by Gasteiger charge is 2.37. The van der Waals surface area contributed by atoms with Gasteiger partial charge in [0, 0.05) is 0 Å². The van der Waals surface area contributed by atoms with E-state index in [1.54, 1.807) is 24.3 Å². The summed E-state index contributed by atoms with van der Waals surface area (Å²) in [6.45, 7) is 3.27. The Labute approximate surface area is 238 Å². The number of benzene rings is 2. The highest BCUT2D eigenvalue weighted by atomic mass is 31.1. The van der Waals surface area contributed by atoms with Crippen molar-refractivity contribution in [2.45, 2.75) is 40.4 Å². The first kappa shape index (κ1) is 27.3. The summed E-state index contributed by atoms with van der Waals surface area (Å²) in [6, 6.07) is 10.4. The molecule has 16 heteroatoms. The Morgan fingerprint density at radius 1 is 0.690 bits per heavy atom. The van der Waals surface area contributed by atoms with Crippen LogP contribution in [0, 0.1) is 13.8 Å². The molecule has 0 spiro atoms. The number of fused-ring (bicyclic) bond motifs is 2. The van der Waals surface area contributed by atoms with E-state index in [2.05, 4.69) is 20.6 Å². The molecule has 0 saturated heterocycles. The second-order valence-corrected chi connectivity index (χ2v) is 10.9. The monoisotopic (exact) mass is 590 g/mol. The lowest BCUT2D eigenvalue weighted by molar-refractivity contribution is -0.115. The number of Topliss-reactive ketones (excluding diaryl/α,β-unsaturated/α-hetero) is 2. The maximum absolute atomic E-state index is 12.5. The van der Waals surface area contributed by atoms with Gasteiger partial charge >= 0.3 is 8.25 Å². The SMILES string of the molecule is Cc1ccc2c(c1)C(=O)C(=O)N2Cc1cn(CO[PH](=O)OCn2cc(CN3C(=O)C(=O)c4cc(C)ccc43)nn2)nn1. The van der Waals surface area contributed by atoms with E-state index in [9.17, 15) is 23.7 Å². The minimum Gasteiger partial charge on any atom is -0.299 e. The maximum atomic E-state index is 12.5.